The van der Waals surface area contributed by atoms with Crippen LogP contribution in [0.25, 0.3) is 11.3 Å². The number of benzene rings is 1. The van der Waals surface area contributed by atoms with Crippen molar-refractivity contribution in [3.8, 4) is 17.0 Å². The van der Waals surface area contributed by atoms with Crippen molar-refractivity contribution in [3.63, 3.8) is 0 Å². The molecule has 124 valence electrons. The van der Waals surface area contributed by atoms with E-state index in [-0.39, 0.29) is 6.61 Å². The molecule has 0 fully saturated rings. The fourth-order valence-electron chi connectivity index (χ4n) is 2.47. The minimum absolute atomic E-state index is 0.288. The van der Waals surface area contributed by atoms with Crippen molar-refractivity contribution in [1.82, 2.24) is 4.98 Å². The Labute approximate surface area is 140 Å². The molecule has 0 unspecified atom stereocenters. The second kappa shape index (κ2) is 8.27. The van der Waals surface area contributed by atoms with Crippen LogP contribution in [0.15, 0.2) is 42.6 Å². The number of pyridine rings is 1. The summed E-state index contributed by atoms with van der Waals surface area (Å²) in [5.74, 6) is 0.855. The third-order valence-electron chi connectivity index (χ3n) is 3.51. The van der Waals surface area contributed by atoms with Crippen LogP contribution in [0.3, 0.4) is 0 Å². The molecule has 0 spiro atoms. The van der Waals surface area contributed by atoms with Gasteiger partial charge in [0.05, 0.1) is 11.9 Å². The maximum atomic E-state index is 8.83. The first-order chi connectivity index (χ1) is 11.0. The number of aliphatic hydroxyl groups excluding tert-OH is 1. The SMILES string of the molecule is C[Si](C)(C)Oc1ccc(-c2cccc(CCCCCO)c2)nc1. The molecular formula is C19H27NO2Si. The molecule has 2 rings (SSSR count). The molecule has 0 bridgehead atoms. The fourth-order valence-corrected chi connectivity index (χ4v) is 3.30. The van der Waals surface area contributed by atoms with Crippen molar-refractivity contribution in [2.75, 3.05) is 6.61 Å². The van der Waals surface area contributed by atoms with Gasteiger partial charge in [-0.05, 0) is 62.7 Å². The summed E-state index contributed by atoms with van der Waals surface area (Å²) in [6.45, 7) is 6.79. The van der Waals surface area contributed by atoms with Crippen molar-refractivity contribution in [3.05, 3.63) is 48.2 Å². The van der Waals surface area contributed by atoms with Crippen LogP contribution < -0.4 is 4.43 Å². The molecule has 0 amide bonds. The van der Waals surface area contributed by atoms with E-state index in [2.05, 4.69) is 48.9 Å². The molecule has 0 atom stereocenters. The lowest BCUT2D eigenvalue weighted by atomic mass is 10.0. The standard InChI is InChI=1S/C19H27NO2Si/c1-23(2,3)22-18-11-12-19(20-15-18)17-10-7-9-16(14-17)8-5-4-6-13-21/h7,9-12,14-15,21H,4-6,8,13H2,1-3H3. The molecule has 1 aromatic carbocycles. The maximum absolute atomic E-state index is 8.83. The third kappa shape index (κ3) is 6.16. The second-order valence-electron chi connectivity index (χ2n) is 6.83. The Balaban J connectivity index is 2.03. The van der Waals surface area contributed by atoms with E-state index < -0.39 is 8.32 Å². The quantitative estimate of drug-likeness (QED) is 0.565. The minimum atomic E-state index is -1.58. The fraction of sp³-hybridized carbons (Fsp3) is 0.421. The molecule has 0 aliphatic carbocycles. The van der Waals surface area contributed by atoms with Crippen LogP contribution >= 0.6 is 0 Å². The van der Waals surface area contributed by atoms with Crippen LogP contribution in [0.2, 0.25) is 19.6 Å². The molecule has 0 saturated carbocycles. The zero-order chi connectivity index (χ0) is 16.7. The first-order valence-corrected chi connectivity index (χ1v) is 11.7. The van der Waals surface area contributed by atoms with Gasteiger partial charge in [0, 0.05) is 12.2 Å². The van der Waals surface area contributed by atoms with Gasteiger partial charge >= 0.3 is 0 Å². The topological polar surface area (TPSA) is 42.4 Å². The highest BCUT2D eigenvalue weighted by Gasteiger charge is 2.16. The molecule has 0 radical (unpaired) electrons. The minimum Gasteiger partial charge on any atom is -0.543 e. The summed E-state index contributed by atoms with van der Waals surface area (Å²) in [5.41, 5.74) is 3.44. The van der Waals surface area contributed by atoms with Crippen LogP contribution in [0.5, 0.6) is 5.75 Å². The first-order valence-electron chi connectivity index (χ1n) is 8.33. The zero-order valence-corrected chi connectivity index (χ0v) is 15.4. The molecule has 0 aliphatic rings. The third-order valence-corrected chi connectivity index (χ3v) is 4.35. The Morgan fingerprint density at radius 1 is 1.04 bits per heavy atom. The smallest absolute Gasteiger partial charge is 0.242 e. The summed E-state index contributed by atoms with van der Waals surface area (Å²) in [4.78, 5) is 4.55. The average molecular weight is 330 g/mol. The number of aliphatic hydroxyl groups is 1. The van der Waals surface area contributed by atoms with E-state index >= 15 is 0 Å². The van der Waals surface area contributed by atoms with Crippen LogP contribution in [0, 0.1) is 0 Å². The number of aromatic nitrogens is 1. The molecule has 23 heavy (non-hydrogen) atoms. The highest BCUT2D eigenvalue weighted by Crippen LogP contribution is 2.22. The van der Waals surface area contributed by atoms with Gasteiger partial charge in [-0.1, -0.05) is 24.6 Å². The predicted octanol–water partition coefficient (Wildman–Crippen LogP) is 4.67. The van der Waals surface area contributed by atoms with Gasteiger partial charge in [0.25, 0.3) is 0 Å². The van der Waals surface area contributed by atoms with E-state index in [1.165, 1.54) is 5.56 Å². The Bertz CT molecular complexity index is 606. The number of aryl methyl sites for hydroxylation is 1. The Morgan fingerprint density at radius 3 is 2.52 bits per heavy atom. The number of nitrogens with zero attached hydrogens (tertiary/aromatic N) is 1. The number of hydrogen-bond acceptors (Lipinski definition) is 3. The van der Waals surface area contributed by atoms with Gasteiger partial charge in [-0.3, -0.25) is 4.98 Å². The van der Waals surface area contributed by atoms with Gasteiger partial charge in [0.2, 0.25) is 8.32 Å². The lowest BCUT2D eigenvalue weighted by molar-refractivity contribution is 0.283. The molecule has 1 N–H and O–H groups in total. The molecule has 1 heterocycles. The number of unbranched alkanes of at least 4 members (excludes halogenated alkanes) is 2. The van der Waals surface area contributed by atoms with E-state index in [4.69, 9.17) is 9.53 Å². The van der Waals surface area contributed by atoms with Crippen LogP contribution in [-0.4, -0.2) is 25.0 Å². The highest BCUT2D eigenvalue weighted by molar-refractivity contribution is 6.70. The maximum Gasteiger partial charge on any atom is 0.242 e. The summed E-state index contributed by atoms with van der Waals surface area (Å²) >= 11 is 0. The van der Waals surface area contributed by atoms with Gasteiger partial charge in [-0.15, -0.1) is 0 Å². The summed E-state index contributed by atoms with van der Waals surface area (Å²) < 4.78 is 5.95. The molecule has 3 nitrogen and oxygen atoms in total. The van der Waals surface area contributed by atoms with Gasteiger partial charge in [0.1, 0.15) is 5.75 Å². The van der Waals surface area contributed by atoms with Gasteiger partial charge < -0.3 is 9.53 Å². The zero-order valence-electron chi connectivity index (χ0n) is 14.4. The van der Waals surface area contributed by atoms with Crippen molar-refractivity contribution < 1.29 is 9.53 Å². The van der Waals surface area contributed by atoms with Crippen molar-refractivity contribution >= 4 is 8.32 Å². The second-order valence-corrected chi connectivity index (χ2v) is 11.3. The van der Waals surface area contributed by atoms with Crippen LogP contribution in [-0.2, 0) is 6.42 Å². The van der Waals surface area contributed by atoms with Gasteiger partial charge in [0.15, 0.2) is 0 Å². The Hall–Kier alpha value is -1.65. The highest BCUT2D eigenvalue weighted by atomic mass is 28.4. The van der Waals surface area contributed by atoms with Gasteiger partial charge in [-0.2, -0.15) is 0 Å². The molecule has 4 heteroatoms. The summed E-state index contributed by atoms with van der Waals surface area (Å²) in [6.07, 6.45) is 5.94. The van der Waals surface area contributed by atoms with Gasteiger partial charge in [-0.25, -0.2) is 0 Å². The summed E-state index contributed by atoms with van der Waals surface area (Å²) in [5, 5.41) is 8.83. The molecule has 0 aliphatic heterocycles. The molecular weight excluding hydrogens is 302 g/mol. The first kappa shape index (κ1) is 17.7. The van der Waals surface area contributed by atoms with E-state index in [1.54, 1.807) is 0 Å². The summed E-state index contributed by atoms with van der Waals surface area (Å²) in [7, 11) is -1.58. The monoisotopic (exact) mass is 329 g/mol. The lowest BCUT2D eigenvalue weighted by Gasteiger charge is -2.18. The Morgan fingerprint density at radius 2 is 1.87 bits per heavy atom. The Kier molecular flexibility index (Phi) is 6.36. The van der Waals surface area contributed by atoms with Crippen molar-refractivity contribution in [2.45, 2.75) is 45.3 Å². The number of hydrogen-bond donors (Lipinski definition) is 1. The van der Waals surface area contributed by atoms with Crippen molar-refractivity contribution in [1.29, 1.82) is 0 Å². The lowest BCUT2D eigenvalue weighted by Crippen LogP contribution is -2.29. The largest absolute Gasteiger partial charge is 0.543 e. The van der Waals surface area contributed by atoms with E-state index in [0.717, 1.165) is 42.7 Å². The van der Waals surface area contributed by atoms with E-state index in [0.29, 0.717) is 0 Å². The average Bonchev–Trinajstić information content (AvgIpc) is 2.51. The van der Waals surface area contributed by atoms with Crippen molar-refractivity contribution in [2.24, 2.45) is 0 Å². The van der Waals surface area contributed by atoms with E-state index in [1.807, 2.05) is 18.3 Å². The molecule has 0 saturated heterocycles. The normalized spacial score (nSPS) is 11.5. The number of rotatable bonds is 8. The van der Waals surface area contributed by atoms with E-state index in [9.17, 15) is 0 Å². The van der Waals surface area contributed by atoms with Crippen LogP contribution in [0.4, 0.5) is 0 Å². The summed E-state index contributed by atoms with van der Waals surface area (Å²) in [6, 6.07) is 12.6. The molecule has 2 aromatic rings. The predicted molar refractivity (Wildman–Crippen MR) is 98.3 cm³/mol. The van der Waals surface area contributed by atoms with Crippen LogP contribution in [0.1, 0.15) is 24.8 Å². The molecule has 1 aromatic heterocycles.